The molecular weight excluding hydrogens is 295 g/mol. The van der Waals surface area contributed by atoms with Crippen LogP contribution in [0.25, 0.3) is 0 Å². The third-order valence-corrected chi connectivity index (χ3v) is 3.39. The van der Waals surface area contributed by atoms with Crippen LogP contribution in [-0.2, 0) is 6.54 Å². The molecule has 1 N–H and O–H groups in total. The van der Waals surface area contributed by atoms with Crippen molar-refractivity contribution in [3.05, 3.63) is 77.0 Å². The van der Waals surface area contributed by atoms with Gasteiger partial charge >= 0.3 is 0 Å². The third-order valence-electron chi connectivity index (χ3n) is 3.15. The van der Waals surface area contributed by atoms with Crippen molar-refractivity contribution in [2.75, 3.05) is 0 Å². The monoisotopic (exact) mass is 306 g/mol. The first kappa shape index (κ1) is 13.9. The molecule has 0 fully saturated rings. The first-order chi connectivity index (χ1) is 10.1. The van der Waals surface area contributed by atoms with E-state index in [1.807, 2.05) is 0 Å². The Morgan fingerprint density at radius 3 is 3.00 bits per heavy atom. The number of aliphatic hydroxyl groups excluding tert-OH is 1. The quantitative estimate of drug-likeness (QED) is 0.803. The number of aliphatic hydroxyl groups is 1. The number of halogens is 2. The Morgan fingerprint density at radius 1 is 1.38 bits per heavy atom. The molecule has 0 spiro atoms. The minimum atomic E-state index is -1.00. The normalized spacial score (nSPS) is 12.5. The van der Waals surface area contributed by atoms with Gasteiger partial charge in [0.25, 0.3) is 0 Å². The third kappa shape index (κ3) is 2.84. The zero-order chi connectivity index (χ0) is 14.8. The van der Waals surface area contributed by atoms with E-state index in [1.165, 1.54) is 18.4 Å². The summed E-state index contributed by atoms with van der Waals surface area (Å²) in [5.74, 6) is 0.407. The fourth-order valence-electron chi connectivity index (χ4n) is 2.12. The van der Waals surface area contributed by atoms with E-state index in [0.717, 1.165) is 0 Å². The van der Waals surface area contributed by atoms with Crippen molar-refractivity contribution in [3.8, 4) is 0 Å². The van der Waals surface area contributed by atoms with Gasteiger partial charge in [-0.25, -0.2) is 9.37 Å². The van der Waals surface area contributed by atoms with Crippen molar-refractivity contribution in [3.63, 3.8) is 0 Å². The first-order valence-corrected chi connectivity index (χ1v) is 6.69. The van der Waals surface area contributed by atoms with Gasteiger partial charge in [-0.3, -0.25) is 0 Å². The van der Waals surface area contributed by atoms with E-state index >= 15 is 0 Å². The molecule has 1 aromatic carbocycles. The predicted octanol–water partition coefficient (Wildman–Crippen LogP) is 3.40. The van der Waals surface area contributed by atoms with Gasteiger partial charge < -0.3 is 14.1 Å². The number of hydrogen-bond acceptors (Lipinski definition) is 3. The van der Waals surface area contributed by atoms with Crippen LogP contribution in [0.15, 0.2) is 53.4 Å². The van der Waals surface area contributed by atoms with E-state index in [-0.39, 0.29) is 12.4 Å². The Balaban J connectivity index is 1.91. The van der Waals surface area contributed by atoms with Gasteiger partial charge in [-0.2, -0.15) is 0 Å². The van der Waals surface area contributed by atoms with Crippen molar-refractivity contribution in [2.45, 2.75) is 12.6 Å². The summed E-state index contributed by atoms with van der Waals surface area (Å²) in [4.78, 5) is 4.12. The lowest BCUT2D eigenvalue weighted by Gasteiger charge is -2.12. The van der Waals surface area contributed by atoms with Crippen molar-refractivity contribution >= 4 is 11.6 Å². The molecule has 108 valence electrons. The molecule has 0 aliphatic heterocycles. The lowest BCUT2D eigenvalue weighted by atomic mass is 10.2. The minimum Gasteiger partial charge on any atom is -0.466 e. The number of imidazole rings is 1. The van der Waals surface area contributed by atoms with E-state index in [4.69, 9.17) is 16.0 Å². The van der Waals surface area contributed by atoms with Crippen LogP contribution < -0.4 is 0 Å². The van der Waals surface area contributed by atoms with Gasteiger partial charge in [0.15, 0.2) is 6.10 Å². The van der Waals surface area contributed by atoms with Gasteiger partial charge in [0, 0.05) is 23.0 Å². The Bertz CT molecular complexity index is 740. The number of furan rings is 1. The summed E-state index contributed by atoms with van der Waals surface area (Å²) < 4.78 is 20.6. The summed E-state index contributed by atoms with van der Waals surface area (Å²) >= 11 is 5.88. The van der Waals surface area contributed by atoms with Crippen LogP contribution in [0.2, 0.25) is 5.02 Å². The van der Waals surface area contributed by atoms with E-state index in [1.54, 1.807) is 35.2 Å². The lowest BCUT2D eigenvalue weighted by Crippen LogP contribution is -2.11. The summed E-state index contributed by atoms with van der Waals surface area (Å²) in [7, 11) is 0. The maximum absolute atomic E-state index is 13.8. The molecule has 3 rings (SSSR count). The molecule has 4 nitrogen and oxygen atoms in total. The van der Waals surface area contributed by atoms with E-state index in [2.05, 4.69) is 4.98 Å². The summed E-state index contributed by atoms with van der Waals surface area (Å²) in [6.45, 7) is 0.222. The summed E-state index contributed by atoms with van der Waals surface area (Å²) in [5, 5.41) is 10.7. The average molecular weight is 307 g/mol. The Labute approximate surface area is 125 Å². The van der Waals surface area contributed by atoms with Crippen molar-refractivity contribution in [1.82, 2.24) is 9.55 Å². The molecule has 1 atom stereocenters. The second kappa shape index (κ2) is 5.71. The molecule has 3 aromatic rings. The number of aromatic nitrogens is 2. The van der Waals surface area contributed by atoms with Crippen LogP contribution in [0.4, 0.5) is 4.39 Å². The van der Waals surface area contributed by atoms with Crippen LogP contribution in [0.1, 0.15) is 23.3 Å². The predicted molar refractivity (Wildman–Crippen MR) is 75.5 cm³/mol. The summed E-state index contributed by atoms with van der Waals surface area (Å²) in [5.41, 5.74) is 0.424. The van der Waals surface area contributed by atoms with Crippen molar-refractivity contribution in [1.29, 1.82) is 0 Å². The van der Waals surface area contributed by atoms with E-state index < -0.39 is 6.10 Å². The van der Waals surface area contributed by atoms with Gasteiger partial charge in [0.1, 0.15) is 17.4 Å². The highest BCUT2D eigenvalue weighted by Gasteiger charge is 2.19. The summed E-state index contributed by atoms with van der Waals surface area (Å²) in [6.07, 6.45) is 3.69. The molecule has 2 aromatic heterocycles. The molecule has 0 bridgehead atoms. The van der Waals surface area contributed by atoms with Crippen LogP contribution in [0, 0.1) is 5.82 Å². The fraction of sp³-hybridized carbons (Fsp3) is 0.133. The summed E-state index contributed by atoms with van der Waals surface area (Å²) in [6, 6.07) is 7.70. The fourth-order valence-corrected chi connectivity index (χ4v) is 2.32. The Hall–Kier alpha value is -2.11. The molecular formula is C15H12ClFN2O2. The minimum absolute atomic E-state index is 0.222. The van der Waals surface area contributed by atoms with Gasteiger partial charge in [0.05, 0.1) is 12.8 Å². The molecule has 2 heterocycles. The molecule has 0 saturated heterocycles. The maximum atomic E-state index is 13.8. The molecule has 0 radical (unpaired) electrons. The van der Waals surface area contributed by atoms with Crippen LogP contribution >= 0.6 is 11.6 Å². The van der Waals surface area contributed by atoms with Crippen LogP contribution in [0.5, 0.6) is 0 Å². The number of nitrogens with zero attached hydrogens (tertiary/aromatic N) is 2. The first-order valence-electron chi connectivity index (χ1n) is 6.31. The second-order valence-electron chi connectivity index (χ2n) is 4.57. The second-order valence-corrected chi connectivity index (χ2v) is 5.00. The number of hydrogen-bond donors (Lipinski definition) is 1. The molecule has 0 unspecified atom stereocenters. The van der Waals surface area contributed by atoms with Crippen molar-refractivity contribution < 1.29 is 13.9 Å². The molecule has 0 aliphatic carbocycles. The molecule has 0 aliphatic rings. The Morgan fingerprint density at radius 2 is 2.24 bits per heavy atom. The highest BCUT2D eigenvalue weighted by Crippen LogP contribution is 2.23. The lowest BCUT2D eigenvalue weighted by molar-refractivity contribution is 0.176. The van der Waals surface area contributed by atoms with Gasteiger partial charge in [-0.15, -0.1) is 0 Å². The zero-order valence-electron chi connectivity index (χ0n) is 10.9. The van der Waals surface area contributed by atoms with E-state index in [0.29, 0.717) is 22.2 Å². The Kier molecular flexibility index (Phi) is 3.77. The molecule has 0 saturated carbocycles. The highest BCUT2D eigenvalue weighted by atomic mass is 35.5. The largest absolute Gasteiger partial charge is 0.466 e. The molecule has 0 amide bonds. The van der Waals surface area contributed by atoms with Gasteiger partial charge in [0.2, 0.25) is 0 Å². The maximum Gasteiger partial charge on any atom is 0.169 e. The SMILES string of the molecule is O[C@H](c1ccco1)c1nccn1Cc1cc(Cl)ccc1F. The van der Waals surface area contributed by atoms with Gasteiger partial charge in [-0.1, -0.05) is 11.6 Å². The van der Waals surface area contributed by atoms with Crippen LogP contribution in [-0.4, -0.2) is 14.7 Å². The highest BCUT2D eigenvalue weighted by molar-refractivity contribution is 6.30. The standard InChI is InChI=1S/C15H12ClFN2O2/c16-11-3-4-12(17)10(8-11)9-19-6-5-18-15(19)14(20)13-2-1-7-21-13/h1-8,14,20H,9H2/t14-/m1/s1. The number of benzene rings is 1. The molecule has 21 heavy (non-hydrogen) atoms. The smallest absolute Gasteiger partial charge is 0.169 e. The topological polar surface area (TPSA) is 51.2 Å². The molecule has 6 heteroatoms. The van der Waals surface area contributed by atoms with Gasteiger partial charge in [-0.05, 0) is 30.3 Å². The zero-order valence-corrected chi connectivity index (χ0v) is 11.7. The van der Waals surface area contributed by atoms with Crippen LogP contribution in [0.3, 0.4) is 0 Å². The van der Waals surface area contributed by atoms with Crippen molar-refractivity contribution in [2.24, 2.45) is 0 Å². The van der Waals surface area contributed by atoms with E-state index in [9.17, 15) is 9.50 Å². The number of rotatable bonds is 4. The average Bonchev–Trinajstić information content (AvgIpc) is 3.13.